The summed E-state index contributed by atoms with van der Waals surface area (Å²) in [4.78, 5) is 46.8. The fourth-order valence-corrected chi connectivity index (χ4v) is 4.57. The van der Waals surface area contributed by atoms with E-state index in [1.807, 2.05) is 7.05 Å². The number of nitrogens with zero attached hydrogens (tertiary/aromatic N) is 3. The molecule has 172 valence electrons. The van der Waals surface area contributed by atoms with E-state index < -0.39 is 35.7 Å². The van der Waals surface area contributed by atoms with Crippen molar-refractivity contribution >= 4 is 29.2 Å². The Morgan fingerprint density at radius 3 is 2.71 bits per heavy atom. The first-order chi connectivity index (χ1) is 14.5. The minimum atomic E-state index is -1.08. The Balaban J connectivity index is 1.69. The van der Waals surface area contributed by atoms with E-state index in [1.165, 1.54) is 16.2 Å². The van der Waals surface area contributed by atoms with Crippen molar-refractivity contribution < 1.29 is 23.5 Å². The van der Waals surface area contributed by atoms with Gasteiger partial charge in [0, 0.05) is 30.9 Å². The Morgan fingerprint density at radius 1 is 1.32 bits per heavy atom. The van der Waals surface area contributed by atoms with Crippen LogP contribution in [0.5, 0.6) is 0 Å². The molecule has 1 unspecified atom stereocenters. The third-order valence-electron chi connectivity index (χ3n) is 5.01. The minimum absolute atomic E-state index is 0.0183. The van der Waals surface area contributed by atoms with Crippen LogP contribution in [0.15, 0.2) is 0 Å². The van der Waals surface area contributed by atoms with E-state index >= 15 is 0 Å². The van der Waals surface area contributed by atoms with Crippen molar-refractivity contribution in [3.8, 4) is 0 Å². The van der Waals surface area contributed by atoms with Gasteiger partial charge in [0.05, 0.1) is 18.8 Å². The molecule has 0 bridgehead atoms. The molecule has 1 aromatic heterocycles. The van der Waals surface area contributed by atoms with Crippen LogP contribution < -0.4 is 10.6 Å². The first-order valence-electron chi connectivity index (χ1n) is 10.4. The van der Waals surface area contributed by atoms with Crippen LogP contribution in [-0.2, 0) is 22.5 Å². The summed E-state index contributed by atoms with van der Waals surface area (Å²) in [5.41, 5.74) is 0.207. The van der Waals surface area contributed by atoms with Crippen LogP contribution in [-0.4, -0.2) is 83.7 Å². The molecule has 0 saturated carbocycles. The summed E-state index contributed by atoms with van der Waals surface area (Å²) < 4.78 is 18.8. The summed E-state index contributed by atoms with van der Waals surface area (Å²) in [6.45, 7) is 6.87. The molecule has 0 aromatic carbocycles. The number of likely N-dealkylation sites (tertiary alicyclic amines) is 1. The van der Waals surface area contributed by atoms with Gasteiger partial charge in [0.25, 0.3) is 5.91 Å². The number of halogens is 1. The molecule has 1 fully saturated rings. The summed E-state index contributed by atoms with van der Waals surface area (Å²) in [6, 6.07) is -1.05. The van der Waals surface area contributed by atoms with Gasteiger partial charge < -0.3 is 25.2 Å². The lowest BCUT2D eigenvalue weighted by atomic mass is 10.2. The van der Waals surface area contributed by atoms with Crippen molar-refractivity contribution in [1.29, 1.82) is 0 Å². The number of fused-ring (bicyclic) bond motifs is 1. The number of likely N-dealkylation sites (N-methyl/N-ethyl adjacent to an activating group) is 1. The molecule has 2 N–H and O–H groups in total. The van der Waals surface area contributed by atoms with E-state index in [1.54, 1.807) is 20.8 Å². The third kappa shape index (κ3) is 6.36. The van der Waals surface area contributed by atoms with Crippen LogP contribution in [0.4, 0.5) is 9.18 Å². The van der Waals surface area contributed by atoms with E-state index in [0.717, 1.165) is 30.1 Å². The minimum Gasteiger partial charge on any atom is -0.444 e. The standard InChI is InChI=1S/C20H30FN5O4S/c1-20(2,3)30-19(29)22-9-14(18(28)26-8-5-12(21)10-26)23-16(27)17-24-13-6-7-25(4)11-15(13)31-17/h12,14H,5-11H2,1-4H3,(H,22,29)(H,23,27)/t12-,14?/m1/s1. The lowest BCUT2D eigenvalue weighted by molar-refractivity contribution is -0.132. The lowest BCUT2D eigenvalue weighted by Gasteiger charge is -2.25. The number of aromatic nitrogens is 1. The summed E-state index contributed by atoms with van der Waals surface area (Å²) in [5, 5.41) is 5.48. The molecule has 1 saturated heterocycles. The quantitative estimate of drug-likeness (QED) is 0.694. The summed E-state index contributed by atoms with van der Waals surface area (Å²) in [7, 11) is 2.01. The highest BCUT2D eigenvalue weighted by molar-refractivity contribution is 7.13. The molecule has 1 aromatic rings. The molecule has 9 nitrogen and oxygen atoms in total. The number of ether oxygens (including phenoxy) is 1. The molecule has 3 amide bonds. The van der Waals surface area contributed by atoms with Gasteiger partial charge in [-0.25, -0.2) is 14.2 Å². The van der Waals surface area contributed by atoms with Gasteiger partial charge in [0.15, 0.2) is 5.01 Å². The average molecular weight is 456 g/mol. The second-order valence-electron chi connectivity index (χ2n) is 8.96. The predicted octanol–water partition coefficient (Wildman–Crippen LogP) is 1.32. The van der Waals surface area contributed by atoms with Crippen LogP contribution in [0.3, 0.4) is 0 Å². The van der Waals surface area contributed by atoms with Crippen molar-refractivity contribution in [2.75, 3.05) is 33.2 Å². The highest BCUT2D eigenvalue weighted by Crippen LogP contribution is 2.24. The van der Waals surface area contributed by atoms with Crippen molar-refractivity contribution in [3.63, 3.8) is 0 Å². The second-order valence-corrected chi connectivity index (χ2v) is 10.0. The highest BCUT2D eigenvalue weighted by Gasteiger charge is 2.33. The van der Waals surface area contributed by atoms with Gasteiger partial charge in [-0.3, -0.25) is 9.59 Å². The largest absolute Gasteiger partial charge is 0.444 e. The van der Waals surface area contributed by atoms with E-state index in [0.29, 0.717) is 0 Å². The molecule has 3 rings (SSSR count). The number of alkyl carbamates (subject to hydrolysis) is 1. The van der Waals surface area contributed by atoms with E-state index in [-0.39, 0.29) is 31.1 Å². The SMILES string of the molecule is CN1CCc2nc(C(=O)NC(CNC(=O)OC(C)(C)C)C(=O)N3CC[C@@H](F)C3)sc2C1. The number of nitrogens with one attached hydrogen (secondary N) is 2. The van der Waals surface area contributed by atoms with Crippen LogP contribution in [0, 0.1) is 0 Å². The topological polar surface area (TPSA) is 104 Å². The summed E-state index contributed by atoms with van der Waals surface area (Å²) >= 11 is 1.30. The maximum Gasteiger partial charge on any atom is 0.407 e. The number of carbonyl (C=O) groups excluding carboxylic acids is 3. The number of rotatable bonds is 5. The molecule has 3 heterocycles. The molecular formula is C20H30FN5O4S. The van der Waals surface area contributed by atoms with Crippen LogP contribution in [0.25, 0.3) is 0 Å². The molecule has 0 radical (unpaired) electrons. The van der Waals surface area contributed by atoms with Gasteiger partial charge >= 0.3 is 6.09 Å². The van der Waals surface area contributed by atoms with Gasteiger partial charge in [-0.05, 0) is 34.2 Å². The maximum atomic E-state index is 13.6. The first-order valence-corrected chi connectivity index (χ1v) is 11.2. The fourth-order valence-electron chi connectivity index (χ4n) is 3.48. The van der Waals surface area contributed by atoms with Gasteiger partial charge in [-0.2, -0.15) is 0 Å². The molecule has 0 aliphatic carbocycles. The second kappa shape index (κ2) is 9.47. The van der Waals surface area contributed by atoms with Crippen LogP contribution >= 0.6 is 11.3 Å². The van der Waals surface area contributed by atoms with Gasteiger partial charge in [0.2, 0.25) is 5.91 Å². The van der Waals surface area contributed by atoms with Crippen molar-refractivity contribution in [1.82, 2.24) is 25.4 Å². The first kappa shape index (κ1) is 23.4. The summed E-state index contributed by atoms with van der Waals surface area (Å²) in [6.07, 6.45) is -0.749. The normalized spacial score (nSPS) is 20.2. The zero-order valence-electron chi connectivity index (χ0n) is 18.4. The van der Waals surface area contributed by atoms with Crippen molar-refractivity contribution in [2.24, 2.45) is 0 Å². The number of carbonyl (C=O) groups is 3. The monoisotopic (exact) mass is 455 g/mol. The van der Waals surface area contributed by atoms with E-state index in [2.05, 4.69) is 20.5 Å². The predicted molar refractivity (Wildman–Crippen MR) is 114 cm³/mol. The van der Waals surface area contributed by atoms with E-state index in [9.17, 15) is 18.8 Å². The Bertz CT molecular complexity index is 840. The zero-order valence-corrected chi connectivity index (χ0v) is 19.2. The molecule has 2 aliphatic rings. The Labute approximate surface area is 185 Å². The number of amides is 3. The molecule has 11 heteroatoms. The van der Waals surface area contributed by atoms with Gasteiger partial charge in [-0.1, -0.05) is 0 Å². The average Bonchev–Trinajstić information content (AvgIpc) is 3.28. The number of thiazole rings is 1. The van der Waals surface area contributed by atoms with Crippen LogP contribution in [0.1, 0.15) is 47.6 Å². The third-order valence-corrected chi connectivity index (χ3v) is 6.09. The highest BCUT2D eigenvalue weighted by atomic mass is 32.1. The Morgan fingerprint density at radius 2 is 2.06 bits per heavy atom. The van der Waals surface area contributed by atoms with E-state index in [4.69, 9.17) is 4.74 Å². The molecule has 2 aliphatic heterocycles. The molecule has 31 heavy (non-hydrogen) atoms. The fraction of sp³-hybridized carbons (Fsp3) is 0.700. The molecule has 2 atom stereocenters. The number of hydrogen-bond acceptors (Lipinski definition) is 7. The molecule has 0 spiro atoms. The Kier molecular flexibility index (Phi) is 7.15. The summed E-state index contributed by atoms with van der Waals surface area (Å²) in [5.74, 6) is -0.923. The smallest absolute Gasteiger partial charge is 0.407 e. The lowest BCUT2D eigenvalue weighted by Crippen LogP contribution is -2.53. The number of hydrogen-bond donors (Lipinski definition) is 2. The van der Waals surface area contributed by atoms with Crippen molar-refractivity contribution in [3.05, 3.63) is 15.6 Å². The van der Waals surface area contributed by atoms with Crippen LogP contribution in [0.2, 0.25) is 0 Å². The number of alkyl halides is 1. The zero-order chi connectivity index (χ0) is 22.8. The molecular weight excluding hydrogens is 425 g/mol. The Hall–Kier alpha value is -2.27. The van der Waals surface area contributed by atoms with Gasteiger partial charge in [-0.15, -0.1) is 11.3 Å². The van der Waals surface area contributed by atoms with Crippen molar-refractivity contribution in [2.45, 2.75) is 58.0 Å². The van der Waals surface area contributed by atoms with Gasteiger partial charge in [0.1, 0.15) is 17.8 Å². The maximum absolute atomic E-state index is 13.6.